The zero-order chi connectivity index (χ0) is 31.2. The number of alkyl halides is 3. The number of nitrogens with zero attached hydrogens (tertiary/aromatic N) is 3. The van der Waals surface area contributed by atoms with Gasteiger partial charge in [-0.25, -0.2) is 4.39 Å². The van der Waals surface area contributed by atoms with Crippen LogP contribution in [0.25, 0.3) is 11.3 Å². The average Bonchev–Trinajstić information content (AvgIpc) is 2.98. The lowest BCUT2D eigenvalue weighted by Crippen LogP contribution is -2.54. The van der Waals surface area contributed by atoms with E-state index in [4.69, 9.17) is 25.4 Å². The van der Waals surface area contributed by atoms with E-state index in [-0.39, 0.29) is 31.0 Å². The van der Waals surface area contributed by atoms with Crippen molar-refractivity contribution in [3.8, 4) is 17.0 Å². The van der Waals surface area contributed by atoms with Crippen LogP contribution >= 0.6 is 0 Å². The van der Waals surface area contributed by atoms with Gasteiger partial charge < -0.3 is 25.4 Å². The maximum atomic E-state index is 13.7. The number of hydrogen-bond donors (Lipinski definition) is 2. The smallest absolute Gasteiger partial charge is 0.418 e. The van der Waals surface area contributed by atoms with Crippen LogP contribution in [-0.4, -0.2) is 60.2 Å². The first-order valence-electron chi connectivity index (χ1n) is 14.0. The summed E-state index contributed by atoms with van der Waals surface area (Å²) < 4.78 is 60.7. The first kappa shape index (κ1) is 31.7. The number of anilines is 1. The highest BCUT2D eigenvalue weighted by atomic mass is 19.4. The van der Waals surface area contributed by atoms with Gasteiger partial charge in [-0.2, -0.15) is 13.2 Å². The second kappa shape index (κ2) is 13.4. The minimum atomic E-state index is -4.67. The summed E-state index contributed by atoms with van der Waals surface area (Å²) in [5.74, 6) is -0.283. The van der Waals surface area contributed by atoms with E-state index in [1.165, 1.54) is 6.07 Å². The Hall–Kier alpha value is -4.19. The Morgan fingerprint density at radius 3 is 2.49 bits per heavy atom. The number of carbonyl (C=O) groups is 2. The summed E-state index contributed by atoms with van der Waals surface area (Å²) in [6, 6.07) is 14.4. The maximum absolute atomic E-state index is 13.7. The molecule has 1 saturated heterocycles. The summed E-state index contributed by atoms with van der Waals surface area (Å²) >= 11 is 0. The number of halogens is 4. The van der Waals surface area contributed by atoms with Gasteiger partial charge >= 0.3 is 6.18 Å². The van der Waals surface area contributed by atoms with E-state index in [2.05, 4.69) is 0 Å². The predicted molar refractivity (Wildman–Crippen MR) is 153 cm³/mol. The summed E-state index contributed by atoms with van der Waals surface area (Å²) in [7, 11) is 0. The number of carboxylic acid groups (broad SMARTS) is 1. The van der Waals surface area contributed by atoms with Crippen LogP contribution in [0, 0.1) is 5.82 Å². The predicted octanol–water partition coefficient (Wildman–Crippen LogP) is 5.24. The number of hydrogen-bond acceptors (Lipinski definition) is 6. The van der Waals surface area contributed by atoms with Crippen LogP contribution in [-0.2, 0) is 27.7 Å². The van der Waals surface area contributed by atoms with E-state index < -0.39 is 23.0 Å². The molecule has 0 radical (unpaired) electrons. The highest BCUT2D eigenvalue weighted by Gasteiger charge is 2.45. The van der Waals surface area contributed by atoms with Gasteiger partial charge in [-0.1, -0.05) is 18.2 Å². The average molecular weight is 603 g/mol. The summed E-state index contributed by atoms with van der Waals surface area (Å²) in [5.41, 5.74) is 7.55. The van der Waals surface area contributed by atoms with Crippen LogP contribution in [0.15, 0.2) is 54.6 Å². The Morgan fingerprint density at radius 2 is 1.84 bits per heavy atom. The van der Waals surface area contributed by atoms with Crippen molar-refractivity contribution in [2.45, 2.75) is 44.3 Å². The molecule has 1 aromatic heterocycles. The lowest BCUT2D eigenvalue weighted by molar-refractivity contribution is -0.137. The van der Waals surface area contributed by atoms with Crippen LogP contribution in [0.4, 0.5) is 23.2 Å². The quantitative estimate of drug-likeness (QED) is 0.294. The van der Waals surface area contributed by atoms with Crippen molar-refractivity contribution in [3.05, 3.63) is 77.2 Å². The minimum absolute atomic E-state index is 0.0307. The molecular weight excluding hydrogens is 568 g/mol. The first-order chi connectivity index (χ1) is 20.6. The Bertz CT molecular complexity index is 1440. The number of para-hydroxylation sites is 1. The molecule has 5 rings (SSSR count). The molecular formula is C31H34F4N4O4. The van der Waals surface area contributed by atoms with Crippen molar-refractivity contribution in [2.75, 3.05) is 37.7 Å². The van der Waals surface area contributed by atoms with Crippen LogP contribution in [0.3, 0.4) is 0 Å². The number of nitrogens with two attached hydrogens (primary N) is 1. The highest BCUT2D eigenvalue weighted by molar-refractivity contribution is 5.77. The summed E-state index contributed by atoms with van der Waals surface area (Å²) in [6.45, 7) is 3.82. The fraction of sp³-hybridized carbons (Fsp3) is 0.387. The third-order valence-corrected chi connectivity index (χ3v) is 7.88. The normalized spacial score (nSPS) is 15.8. The summed E-state index contributed by atoms with van der Waals surface area (Å²) in [5, 5.41) is 6.89. The number of piperidine rings is 1. The van der Waals surface area contributed by atoms with Gasteiger partial charge in [-0.15, -0.1) is 0 Å². The van der Waals surface area contributed by atoms with Gasteiger partial charge in [0.05, 0.1) is 30.1 Å². The zero-order valence-corrected chi connectivity index (χ0v) is 23.7. The number of ether oxygens (including phenoxy) is 1. The van der Waals surface area contributed by atoms with Gasteiger partial charge in [0.25, 0.3) is 6.47 Å². The highest BCUT2D eigenvalue weighted by Crippen LogP contribution is 2.45. The molecule has 230 valence electrons. The Morgan fingerprint density at radius 1 is 1.14 bits per heavy atom. The molecule has 2 aliphatic heterocycles. The number of aromatic nitrogens is 1. The van der Waals surface area contributed by atoms with E-state index in [9.17, 15) is 22.4 Å². The van der Waals surface area contributed by atoms with E-state index in [0.717, 1.165) is 28.6 Å². The lowest BCUT2D eigenvalue weighted by Gasteiger charge is -2.49. The lowest BCUT2D eigenvalue weighted by atomic mass is 9.69. The van der Waals surface area contributed by atoms with E-state index >= 15 is 0 Å². The Balaban J connectivity index is 0.00000135. The van der Waals surface area contributed by atoms with Gasteiger partial charge in [0.15, 0.2) is 0 Å². The monoisotopic (exact) mass is 602 g/mol. The molecule has 0 saturated carbocycles. The third kappa shape index (κ3) is 6.90. The first-order valence-corrected chi connectivity index (χ1v) is 14.0. The Kier molecular flexibility index (Phi) is 9.90. The molecule has 3 heterocycles. The molecule has 0 unspecified atom stereocenters. The fourth-order valence-electron chi connectivity index (χ4n) is 5.97. The third-order valence-electron chi connectivity index (χ3n) is 7.88. The molecule has 43 heavy (non-hydrogen) atoms. The fourth-order valence-corrected chi connectivity index (χ4v) is 5.97. The number of rotatable bonds is 6. The molecule has 1 fully saturated rings. The Labute approximate surface area is 247 Å². The van der Waals surface area contributed by atoms with Gasteiger partial charge in [-0.3, -0.25) is 14.6 Å². The van der Waals surface area contributed by atoms with Crippen LogP contribution in [0.2, 0.25) is 0 Å². The number of benzene rings is 2. The van der Waals surface area contributed by atoms with Crippen molar-refractivity contribution in [2.24, 2.45) is 5.73 Å². The van der Waals surface area contributed by atoms with Crippen molar-refractivity contribution in [1.82, 2.24) is 9.88 Å². The van der Waals surface area contributed by atoms with E-state index in [0.29, 0.717) is 57.4 Å². The van der Waals surface area contributed by atoms with Crippen LogP contribution in [0.5, 0.6) is 5.75 Å². The second-order valence-electron chi connectivity index (χ2n) is 10.4. The van der Waals surface area contributed by atoms with Gasteiger partial charge in [0, 0.05) is 49.3 Å². The van der Waals surface area contributed by atoms with Crippen molar-refractivity contribution in [1.29, 1.82) is 0 Å². The number of fused-ring (bicyclic) bond motifs is 2. The molecule has 0 atom stereocenters. The summed E-state index contributed by atoms with van der Waals surface area (Å²) in [6.07, 6.45) is -3.45. The molecule has 12 heteroatoms. The van der Waals surface area contributed by atoms with Crippen LogP contribution < -0.4 is 15.4 Å². The largest absolute Gasteiger partial charge is 0.493 e. The van der Waals surface area contributed by atoms with Crippen molar-refractivity contribution >= 4 is 18.1 Å². The van der Waals surface area contributed by atoms with Gasteiger partial charge in [0.2, 0.25) is 5.91 Å². The molecule has 0 bridgehead atoms. The molecule has 2 aliphatic rings. The summed E-state index contributed by atoms with van der Waals surface area (Å²) in [4.78, 5) is 29.8. The molecule has 2 aromatic carbocycles. The molecule has 3 aromatic rings. The SMILES string of the molecule is CCOc1ccccc1-c1ccc2c(n1)CN(C(=O)CCN)CC21CCN(c2ccc(F)cc2C(F)(F)F)CC1.O=CO. The number of pyridine rings is 1. The zero-order valence-electron chi connectivity index (χ0n) is 23.7. The van der Waals surface area contributed by atoms with E-state index in [1.807, 2.05) is 43.3 Å². The molecule has 8 nitrogen and oxygen atoms in total. The number of amides is 1. The van der Waals surface area contributed by atoms with Crippen molar-refractivity contribution < 1.29 is 37.0 Å². The van der Waals surface area contributed by atoms with Gasteiger partial charge in [-0.05, 0) is 61.7 Å². The minimum Gasteiger partial charge on any atom is -0.493 e. The molecule has 1 amide bonds. The molecule has 3 N–H and O–H groups in total. The van der Waals surface area contributed by atoms with Crippen LogP contribution in [0.1, 0.15) is 43.0 Å². The molecule has 0 aliphatic carbocycles. The number of carbonyl (C=O) groups excluding carboxylic acids is 1. The topological polar surface area (TPSA) is 109 Å². The van der Waals surface area contributed by atoms with Crippen molar-refractivity contribution in [3.63, 3.8) is 0 Å². The standard InChI is InChI=1S/C30H32F4N4O2.CH2O2/c1-2-40-27-6-4-3-5-21(27)24-9-8-22-25(36-24)18-38(28(39)11-14-35)19-29(22)12-15-37(16-13-29)26-10-7-20(31)17-23(26)30(32,33)34;2-1-3/h3-10,17H,2,11-16,18-19,35H2,1H3;1H,(H,2,3). The second-order valence-corrected chi connectivity index (χ2v) is 10.4. The van der Waals surface area contributed by atoms with Gasteiger partial charge in [0.1, 0.15) is 11.6 Å². The molecule has 1 spiro atoms. The van der Waals surface area contributed by atoms with E-state index in [1.54, 1.807) is 9.80 Å². The maximum Gasteiger partial charge on any atom is 0.418 e.